The summed E-state index contributed by atoms with van der Waals surface area (Å²) >= 11 is 18.5. The summed E-state index contributed by atoms with van der Waals surface area (Å²) in [4.78, 5) is 26.8. The number of anilines is 6. The fourth-order valence-corrected chi connectivity index (χ4v) is 7.71. The van der Waals surface area contributed by atoms with Crippen LogP contribution in [0.1, 0.15) is 77.0 Å². The van der Waals surface area contributed by atoms with Gasteiger partial charge in [0.25, 0.3) is 0 Å². The molecule has 2 aromatic heterocycles. The van der Waals surface area contributed by atoms with Crippen LogP contribution in [0.5, 0.6) is 23.0 Å². The third-order valence-electron chi connectivity index (χ3n) is 10.1. The van der Waals surface area contributed by atoms with Crippen LogP contribution in [0.3, 0.4) is 0 Å². The third kappa shape index (κ3) is 12.7. The summed E-state index contributed by atoms with van der Waals surface area (Å²) in [6, 6.07) is 17.1. The first-order valence-electron chi connectivity index (χ1n) is 19.9. The molecular formula is C42H51Cl3N10O4. The first kappa shape index (κ1) is 43.5. The van der Waals surface area contributed by atoms with Gasteiger partial charge in [-0.25, -0.2) is 0 Å². The summed E-state index contributed by atoms with van der Waals surface area (Å²) in [5.41, 5.74) is 2.23. The zero-order chi connectivity index (χ0) is 41.6. The van der Waals surface area contributed by atoms with E-state index in [2.05, 4.69) is 46.2 Å². The van der Waals surface area contributed by atoms with Gasteiger partial charge in [-0.3, -0.25) is 0 Å². The largest absolute Gasteiger partial charge is 0.497 e. The molecule has 2 heterocycles. The molecular weight excluding hydrogens is 815 g/mol. The Kier molecular flexibility index (Phi) is 16.1. The van der Waals surface area contributed by atoms with Crippen LogP contribution in [0.4, 0.5) is 35.2 Å². The van der Waals surface area contributed by atoms with Crippen molar-refractivity contribution in [3.63, 3.8) is 0 Å². The van der Waals surface area contributed by atoms with Gasteiger partial charge < -0.3 is 40.2 Å². The number of nitrogens with zero attached hydrogens (tertiary/aromatic N) is 6. The fraction of sp³-hybridized carbons (Fsp3) is 0.429. The highest BCUT2D eigenvalue weighted by Crippen LogP contribution is 2.34. The van der Waals surface area contributed by atoms with Crippen molar-refractivity contribution in [3.05, 3.63) is 69.9 Å². The molecule has 0 atom stereocenters. The number of hydrogen-bond acceptors (Lipinski definition) is 14. The van der Waals surface area contributed by atoms with Crippen LogP contribution >= 0.6 is 34.8 Å². The van der Waals surface area contributed by atoms with Crippen LogP contribution in [0.15, 0.2) is 54.6 Å². The van der Waals surface area contributed by atoms with Gasteiger partial charge in [-0.05, 0) is 85.8 Å². The molecule has 5 aromatic rings. The zero-order valence-corrected chi connectivity index (χ0v) is 36.1. The highest BCUT2D eigenvalue weighted by atomic mass is 35.5. The summed E-state index contributed by atoms with van der Waals surface area (Å²) in [6.07, 6.45) is 14.5. The fourth-order valence-electron chi connectivity index (χ4n) is 7.03. The van der Waals surface area contributed by atoms with Crippen molar-refractivity contribution in [2.75, 3.05) is 49.7 Å². The lowest BCUT2D eigenvalue weighted by atomic mass is 10.1. The predicted octanol–water partition coefficient (Wildman–Crippen LogP) is 11.2. The monoisotopic (exact) mass is 864 g/mol. The van der Waals surface area contributed by atoms with Crippen LogP contribution in [0, 0.1) is 0 Å². The van der Waals surface area contributed by atoms with Crippen LogP contribution in [-0.2, 0) is 0 Å². The van der Waals surface area contributed by atoms with Crippen molar-refractivity contribution < 1.29 is 18.9 Å². The molecule has 3 aromatic carbocycles. The number of halogens is 3. The van der Waals surface area contributed by atoms with E-state index in [9.17, 15) is 0 Å². The Hall–Kier alpha value is -5.05. The zero-order valence-electron chi connectivity index (χ0n) is 33.8. The first-order valence-corrected chi connectivity index (χ1v) is 21.0. The van der Waals surface area contributed by atoms with Gasteiger partial charge >= 0.3 is 0 Å². The van der Waals surface area contributed by atoms with Crippen molar-refractivity contribution >= 4 is 70.0 Å². The van der Waals surface area contributed by atoms with Crippen LogP contribution < -0.4 is 40.2 Å². The van der Waals surface area contributed by atoms with E-state index in [1.54, 1.807) is 52.7 Å². The number of aromatic nitrogens is 6. The third-order valence-corrected chi connectivity index (χ3v) is 10.8. The molecule has 2 aliphatic rings. The van der Waals surface area contributed by atoms with Gasteiger partial charge in [-0.15, -0.1) is 0 Å². The number of methoxy groups -OCH3 is 4. The maximum absolute atomic E-state index is 6.31. The Labute approximate surface area is 360 Å². The number of ether oxygens (including phenoxy) is 4. The van der Waals surface area contributed by atoms with E-state index in [1.807, 2.05) is 30.3 Å². The maximum Gasteiger partial charge on any atom is 0.233 e. The van der Waals surface area contributed by atoms with Crippen LogP contribution in [0.2, 0.25) is 15.3 Å². The second kappa shape index (κ2) is 21.8. The van der Waals surface area contributed by atoms with E-state index < -0.39 is 0 Å². The molecule has 0 aliphatic heterocycles. The normalized spacial score (nSPS) is 14.8. The molecule has 2 fully saturated rings. The summed E-state index contributed by atoms with van der Waals surface area (Å²) < 4.78 is 21.3. The van der Waals surface area contributed by atoms with Crippen LogP contribution in [0.25, 0.3) is 11.4 Å². The Bertz CT molecular complexity index is 2130. The van der Waals surface area contributed by atoms with E-state index in [-0.39, 0.29) is 5.28 Å². The topological polar surface area (TPSA) is 162 Å². The van der Waals surface area contributed by atoms with Gasteiger partial charge in [-0.2, -0.15) is 29.9 Å². The highest BCUT2D eigenvalue weighted by molar-refractivity contribution is 6.32. The Morgan fingerprint density at radius 2 is 0.932 bits per heavy atom. The van der Waals surface area contributed by atoms with Crippen molar-refractivity contribution in [2.45, 2.75) is 89.1 Å². The lowest BCUT2D eigenvalue weighted by Gasteiger charge is -2.18. The second-order valence-corrected chi connectivity index (χ2v) is 15.4. The molecule has 14 nitrogen and oxygen atoms in total. The molecule has 59 heavy (non-hydrogen) atoms. The van der Waals surface area contributed by atoms with Gasteiger partial charge in [0.05, 0.1) is 44.0 Å². The molecule has 7 rings (SSSR count). The standard InChI is InChI=1S/C25H30ClN5O3.C17H21Cl2N5O/c1-32-18-11-12-19(22(15-18)34-3)23-29-24(27-16-8-6-4-5-7-9-16)31-25(30-23)28-17-10-13-21(33-2)20(26)14-17;1-25-14-9-8-12(10-13(14)18)21-17-23-15(19)22-16(24-17)20-11-6-4-2-3-5-7-11/h10-16H,4-9H2,1-3H3,(H2,27,28,29,30,31);8-11H,2-7H2,1H3,(H2,20,21,22,23,24). The van der Waals surface area contributed by atoms with Gasteiger partial charge in [0.1, 0.15) is 23.0 Å². The van der Waals surface area contributed by atoms with Crippen molar-refractivity contribution in [2.24, 2.45) is 0 Å². The second-order valence-electron chi connectivity index (χ2n) is 14.2. The minimum absolute atomic E-state index is 0.147. The summed E-state index contributed by atoms with van der Waals surface area (Å²) in [5, 5.41) is 14.4. The van der Waals surface area contributed by atoms with Crippen LogP contribution in [-0.4, -0.2) is 70.4 Å². The average molecular weight is 866 g/mol. The SMILES string of the molecule is COc1ccc(-c2nc(Nc3ccc(OC)c(Cl)c3)nc(NC3CCCCCC3)n2)c(OC)c1.COc1ccc(Nc2nc(Cl)nc(NC3CCCCCC3)n2)cc1Cl. The number of nitrogens with one attached hydrogen (secondary N) is 4. The summed E-state index contributed by atoms with van der Waals surface area (Å²) in [6.45, 7) is 0. The molecule has 0 unspecified atom stereocenters. The highest BCUT2D eigenvalue weighted by Gasteiger charge is 2.19. The lowest BCUT2D eigenvalue weighted by molar-refractivity contribution is 0.395. The van der Waals surface area contributed by atoms with Gasteiger partial charge in [0.2, 0.25) is 29.1 Å². The lowest BCUT2D eigenvalue weighted by Crippen LogP contribution is -2.20. The molecule has 4 N–H and O–H groups in total. The Morgan fingerprint density at radius 3 is 1.41 bits per heavy atom. The van der Waals surface area contributed by atoms with Crippen molar-refractivity contribution in [1.82, 2.24) is 29.9 Å². The molecule has 0 saturated heterocycles. The number of benzene rings is 3. The molecule has 2 aliphatic carbocycles. The van der Waals surface area contributed by atoms with Crippen molar-refractivity contribution in [3.8, 4) is 34.4 Å². The minimum Gasteiger partial charge on any atom is -0.497 e. The first-order chi connectivity index (χ1) is 28.7. The van der Waals surface area contributed by atoms with Gasteiger partial charge in [0, 0.05) is 29.5 Å². The molecule has 0 bridgehead atoms. The van der Waals surface area contributed by atoms with E-state index in [1.165, 1.54) is 51.4 Å². The Morgan fingerprint density at radius 1 is 0.475 bits per heavy atom. The summed E-state index contributed by atoms with van der Waals surface area (Å²) in [7, 11) is 6.39. The van der Waals surface area contributed by atoms with Gasteiger partial charge in [-0.1, -0.05) is 74.6 Å². The molecule has 0 spiro atoms. The molecule has 0 amide bonds. The molecule has 314 valence electrons. The smallest absolute Gasteiger partial charge is 0.233 e. The van der Waals surface area contributed by atoms with Crippen molar-refractivity contribution in [1.29, 1.82) is 0 Å². The molecule has 17 heteroatoms. The number of hydrogen-bond donors (Lipinski definition) is 4. The quantitative estimate of drug-likeness (QED) is 0.0827. The molecule has 2 saturated carbocycles. The average Bonchev–Trinajstić information content (AvgIpc) is 3.66. The predicted molar refractivity (Wildman–Crippen MR) is 236 cm³/mol. The minimum atomic E-state index is 0.147. The molecule has 0 radical (unpaired) electrons. The van der Waals surface area contributed by atoms with E-state index in [0.717, 1.165) is 42.6 Å². The van der Waals surface area contributed by atoms with Gasteiger partial charge in [0.15, 0.2) is 5.82 Å². The summed E-state index contributed by atoms with van der Waals surface area (Å²) in [5.74, 6) is 4.80. The Balaban J connectivity index is 0.000000208. The maximum atomic E-state index is 6.31. The van der Waals surface area contributed by atoms with E-state index in [4.69, 9.17) is 58.7 Å². The van der Waals surface area contributed by atoms with E-state index >= 15 is 0 Å². The van der Waals surface area contributed by atoms with E-state index in [0.29, 0.717) is 74.7 Å². The number of rotatable bonds is 13.